The van der Waals surface area contributed by atoms with Crippen LogP contribution >= 0.6 is 0 Å². The summed E-state index contributed by atoms with van der Waals surface area (Å²) in [6, 6.07) is 19.7. The quantitative estimate of drug-likeness (QED) is 0.0506. The fraction of sp³-hybridized carbons (Fsp3) is 0.516. The van der Waals surface area contributed by atoms with E-state index in [0.717, 1.165) is 21.2 Å². The average Bonchev–Trinajstić information content (AvgIpc) is 1.77. The van der Waals surface area contributed by atoms with Crippen LogP contribution in [0.15, 0.2) is 112 Å². The summed E-state index contributed by atoms with van der Waals surface area (Å²) in [6.07, 6.45) is -8.34. The third-order valence-electron chi connectivity index (χ3n) is 16.4. The number of carbonyl (C=O) groups excluding carboxylic acids is 4. The SMILES string of the molecule is CC(C)(C)OC(=O)N1CCN(C(C)(C)c2cc3cnccc3o2)C[C@H]1C(=O)NCC(F)(F)C(F)(F)F.CC(C)(c1cc2cnccc2o1)N1CCN(C[C@@H](O)C[C@@H](Cc2ccccc2)C(=O)N[C@H]2c3ccccc3OC[C@H]2O)[C@H](C(=O)NCC(F)(F)C(F)(F)F)C1. The zero-order valence-corrected chi connectivity index (χ0v) is 50.9. The number of aliphatic hydroxyl groups is 2. The molecule has 6 aromatic rings. The molecule has 2 saturated heterocycles. The van der Waals surface area contributed by atoms with Crippen LogP contribution in [-0.4, -0.2) is 183 Å². The van der Waals surface area contributed by atoms with E-state index in [0.29, 0.717) is 40.5 Å². The molecule has 0 spiro atoms. The molecule has 7 heterocycles. The van der Waals surface area contributed by atoms with Crippen LogP contribution in [0.3, 0.4) is 0 Å². The summed E-state index contributed by atoms with van der Waals surface area (Å²) in [5, 5.41) is 30.2. The molecular weight excluding hydrogens is 1220 g/mol. The summed E-state index contributed by atoms with van der Waals surface area (Å²) >= 11 is 0. The maximum Gasteiger partial charge on any atom is 0.455 e. The van der Waals surface area contributed by atoms with E-state index < -0.39 is 114 Å². The maximum atomic E-state index is 14.0. The molecule has 19 nitrogen and oxygen atoms in total. The van der Waals surface area contributed by atoms with Gasteiger partial charge in [-0.3, -0.25) is 44.0 Å². The number of amides is 4. The Morgan fingerprint density at radius 1 is 0.670 bits per heavy atom. The predicted octanol–water partition coefficient (Wildman–Crippen LogP) is 8.88. The smallest absolute Gasteiger partial charge is 0.455 e. The number of aliphatic hydroxyl groups excluding tert-OH is 2. The molecule has 29 heteroatoms. The Bertz CT molecular complexity index is 3420. The van der Waals surface area contributed by atoms with Crippen molar-refractivity contribution >= 4 is 45.8 Å². The van der Waals surface area contributed by atoms with Crippen molar-refractivity contribution in [2.24, 2.45) is 5.92 Å². The van der Waals surface area contributed by atoms with E-state index in [1.807, 2.05) is 62.9 Å². The van der Waals surface area contributed by atoms with Crippen molar-refractivity contribution in [1.82, 2.24) is 45.5 Å². The minimum atomic E-state index is -5.87. The number of aromatic nitrogens is 2. The lowest BCUT2D eigenvalue weighted by Crippen LogP contribution is -2.64. The van der Waals surface area contributed by atoms with Crippen LogP contribution in [0, 0.1) is 5.92 Å². The van der Waals surface area contributed by atoms with Gasteiger partial charge in [-0.05, 0) is 97.2 Å². The third-order valence-corrected chi connectivity index (χ3v) is 16.4. The van der Waals surface area contributed by atoms with E-state index in [-0.39, 0.29) is 58.7 Å². The molecule has 2 aromatic carbocycles. The van der Waals surface area contributed by atoms with Crippen molar-refractivity contribution in [2.75, 3.05) is 65.5 Å². The van der Waals surface area contributed by atoms with Crippen molar-refractivity contribution in [3.8, 4) is 5.75 Å². The second-order valence-corrected chi connectivity index (χ2v) is 24.8. The Morgan fingerprint density at radius 2 is 1.18 bits per heavy atom. The van der Waals surface area contributed by atoms with Crippen molar-refractivity contribution in [1.29, 1.82) is 0 Å². The van der Waals surface area contributed by atoms with Gasteiger partial charge in [-0.15, -0.1) is 0 Å². The van der Waals surface area contributed by atoms with Crippen LogP contribution in [0.5, 0.6) is 5.75 Å². The number of nitrogens with zero attached hydrogens (tertiary/aromatic N) is 6. The van der Waals surface area contributed by atoms with Crippen molar-refractivity contribution < 1.29 is 91.6 Å². The lowest BCUT2D eigenvalue weighted by atomic mass is 9.90. The summed E-state index contributed by atoms with van der Waals surface area (Å²) in [5.74, 6) is -12.2. The normalized spacial score (nSPS) is 20.0. The summed E-state index contributed by atoms with van der Waals surface area (Å²) < 4.78 is 155. The van der Waals surface area contributed by atoms with E-state index >= 15 is 0 Å². The summed E-state index contributed by atoms with van der Waals surface area (Å²) in [6.45, 7) is 8.39. The second-order valence-electron chi connectivity index (χ2n) is 24.8. The largest absolute Gasteiger partial charge is 0.490 e. The lowest BCUT2D eigenvalue weighted by Gasteiger charge is -2.47. The zero-order valence-electron chi connectivity index (χ0n) is 50.9. The third kappa shape index (κ3) is 16.5. The van der Waals surface area contributed by atoms with Crippen LogP contribution in [0.1, 0.15) is 83.6 Å². The second kappa shape index (κ2) is 27.3. The highest BCUT2D eigenvalue weighted by Gasteiger charge is 2.59. The number of para-hydroxylation sites is 1. The minimum Gasteiger partial charge on any atom is -0.490 e. The van der Waals surface area contributed by atoms with Gasteiger partial charge in [0.05, 0.1) is 36.3 Å². The number of fused-ring (bicyclic) bond motifs is 3. The standard InChI is InChI=1S/C39H44F5N5O6.C23H29F5N4O4/c1-37(2,33-18-26-19-45-13-12-31(26)55-33)49-15-14-48(29(21-49)36(53)46-23-38(40,41)39(42,43)44)20-27(50)17-25(16-24-8-4-3-5-9-24)35(52)47-34-28-10-6-7-11-32(28)54-22-30(34)51;1-20(2,3)36-19(34)32-9-8-31(12-15(32)18(33)30-13-22(24,25)23(26,27)28)21(4,5)17-10-14-11-29-7-6-16(14)35-17/h3-13,18-19,25,27,29-30,34,50-51H,14-17,20-23H2,1-2H3,(H,46,53)(H,47,52);6-7,10-11,15H,8-9,12-13H2,1-5H3,(H,30,33)/t25-,27+,29+,30-,34+;15-/m10/s1. The Kier molecular flexibility index (Phi) is 20.8. The maximum absolute atomic E-state index is 14.0. The first-order chi connectivity index (χ1) is 42.5. The number of rotatable bonds is 18. The van der Waals surface area contributed by atoms with Gasteiger partial charge in [0.25, 0.3) is 0 Å². The number of alkyl halides is 10. The number of carbonyl (C=O) groups is 4. The van der Waals surface area contributed by atoms with Gasteiger partial charge in [0.15, 0.2) is 0 Å². The van der Waals surface area contributed by atoms with Crippen LogP contribution in [0.2, 0.25) is 0 Å². The molecule has 4 aromatic heterocycles. The average molecular weight is 1290 g/mol. The van der Waals surface area contributed by atoms with Gasteiger partial charge in [0, 0.05) is 92.9 Å². The van der Waals surface area contributed by atoms with Gasteiger partial charge in [-0.25, -0.2) is 4.79 Å². The summed E-state index contributed by atoms with van der Waals surface area (Å²) in [4.78, 5) is 67.6. The van der Waals surface area contributed by atoms with Crippen LogP contribution in [0.4, 0.5) is 48.7 Å². The topological polar surface area (TPSA) is 228 Å². The number of piperazine rings is 2. The van der Waals surface area contributed by atoms with E-state index in [1.54, 1.807) is 110 Å². The summed E-state index contributed by atoms with van der Waals surface area (Å²) in [7, 11) is 0. The first-order valence-corrected chi connectivity index (χ1v) is 29.2. The predicted molar refractivity (Wildman–Crippen MR) is 310 cm³/mol. The molecular formula is C62H73F10N9O10. The minimum absolute atomic E-state index is 0.0339. The Balaban J connectivity index is 0.000000257. The van der Waals surface area contributed by atoms with E-state index in [9.17, 15) is 73.3 Å². The summed E-state index contributed by atoms with van der Waals surface area (Å²) in [5.41, 5.74) is -0.0309. The highest BCUT2D eigenvalue weighted by atomic mass is 19.4. The van der Waals surface area contributed by atoms with Gasteiger partial charge in [-0.1, -0.05) is 48.5 Å². The lowest BCUT2D eigenvalue weighted by molar-refractivity contribution is -0.278. The molecule has 0 saturated carbocycles. The number of hydrogen-bond donors (Lipinski definition) is 5. The van der Waals surface area contributed by atoms with Crippen LogP contribution in [0.25, 0.3) is 21.9 Å². The number of halogens is 10. The van der Waals surface area contributed by atoms with Crippen LogP contribution in [-0.2, 0) is 36.6 Å². The first kappa shape index (κ1) is 69.3. The molecule has 9 rings (SSSR count). The van der Waals surface area contributed by atoms with Crippen molar-refractivity contribution in [3.05, 3.63) is 126 Å². The monoisotopic (exact) mass is 1290 g/mol. The Labute approximate surface area is 517 Å². The van der Waals surface area contributed by atoms with Gasteiger partial charge in [-0.2, -0.15) is 43.9 Å². The molecule has 496 valence electrons. The number of hydrogen-bond acceptors (Lipinski definition) is 15. The molecule has 5 N–H and O–H groups in total. The highest BCUT2D eigenvalue weighted by molar-refractivity contribution is 5.86. The molecule has 0 unspecified atom stereocenters. The highest BCUT2D eigenvalue weighted by Crippen LogP contribution is 2.39. The van der Waals surface area contributed by atoms with Crippen molar-refractivity contribution in [3.63, 3.8) is 0 Å². The fourth-order valence-corrected chi connectivity index (χ4v) is 11.0. The van der Waals surface area contributed by atoms with E-state index in [1.165, 1.54) is 4.90 Å². The van der Waals surface area contributed by atoms with Gasteiger partial charge in [0.1, 0.15) is 58.8 Å². The number of pyridine rings is 2. The molecule has 6 atom stereocenters. The van der Waals surface area contributed by atoms with E-state index in [2.05, 4.69) is 15.3 Å². The Hall–Kier alpha value is -7.60. The molecule has 91 heavy (non-hydrogen) atoms. The van der Waals surface area contributed by atoms with Crippen LogP contribution < -0.4 is 20.7 Å². The fourth-order valence-electron chi connectivity index (χ4n) is 11.0. The first-order valence-electron chi connectivity index (χ1n) is 29.2. The zero-order chi connectivity index (χ0) is 66.6. The number of β-amino-alcohol motifs (C(OH)–C–C–N with tert-alkyl or cyclic N) is 1. The number of benzene rings is 2. The number of furan rings is 2. The molecule has 0 aliphatic carbocycles. The Morgan fingerprint density at radius 3 is 1.70 bits per heavy atom. The molecule has 3 aliphatic heterocycles. The van der Waals surface area contributed by atoms with E-state index in [4.69, 9.17) is 18.3 Å². The van der Waals surface area contributed by atoms with Gasteiger partial charge < -0.3 is 44.5 Å². The molecule has 0 bridgehead atoms. The number of nitrogens with one attached hydrogen (secondary N) is 3. The van der Waals surface area contributed by atoms with Crippen molar-refractivity contribution in [2.45, 2.75) is 133 Å². The molecule has 4 amide bonds. The molecule has 2 fully saturated rings. The molecule has 3 aliphatic rings. The number of ether oxygens (including phenoxy) is 2. The van der Waals surface area contributed by atoms with Gasteiger partial charge in [0.2, 0.25) is 17.7 Å². The van der Waals surface area contributed by atoms with Gasteiger partial charge >= 0.3 is 30.3 Å². The molecule has 0 radical (unpaired) electrons.